The van der Waals surface area contributed by atoms with Crippen molar-refractivity contribution < 1.29 is 0 Å². The van der Waals surface area contributed by atoms with Crippen LogP contribution in [0.4, 0.5) is 11.8 Å². The average Bonchev–Trinajstić information content (AvgIpc) is 2.99. The number of fused-ring (bicyclic) bond motifs is 1. The fourth-order valence-corrected chi connectivity index (χ4v) is 3.03. The Hall–Kier alpha value is -2.14. The van der Waals surface area contributed by atoms with Gasteiger partial charge in [-0.15, -0.1) is 0 Å². The van der Waals surface area contributed by atoms with Gasteiger partial charge in [0, 0.05) is 18.5 Å². The van der Waals surface area contributed by atoms with E-state index in [1.165, 1.54) is 5.56 Å². The highest BCUT2D eigenvalue weighted by Gasteiger charge is 2.10. The van der Waals surface area contributed by atoms with Crippen LogP contribution >= 0.6 is 11.3 Å². The van der Waals surface area contributed by atoms with E-state index in [0.29, 0.717) is 12.0 Å². The Morgan fingerprint density at radius 1 is 1.19 bits per heavy atom. The van der Waals surface area contributed by atoms with Crippen LogP contribution in [0, 0.1) is 0 Å². The van der Waals surface area contributed by atoms with E-state index < -0.39 is 0 Å². The summed E-state index contributed by atoms with van der Waals surface area (Å²) >= 11 is 1.73. The Bertz CT molecular complexity index is 724. The van der Waals surface area contributed by atoms with Crippen LogP contribution in [0.25, 0.3) is 10.9 Å². The number of anilines is 2. The lowest BCUT2D eigenvalue weighted by molar-refractivity contribution is 0.788. The highest BCUT2D eigenvalue weighted by atomic mass is 32.1. The van der Waals surface area contributed by atoms with Crippen molar-refractivity contribution in [2.24, 2.45) is 0 Å². The second-order valence-electron chi connectivity index (χ2n) is 5.04. The molecule has 3 rings (SSSR count). The quantitative estimate of drug-likeness (QED) is 0.752. The lowest BCUT2D eigenvalue weighted by Crippen LogP contribution is -2.19. The Balaban J connectivity index is 1.88. The summed E-state index contributed by atoms with van der Waals surface area (Å²) in [6.45, 7) is 2.17. The van der Waals surface area contributed by atoms with Crippen molar-refractivity contribution in [2.75, 3.05) is 17.7 Å². The normalized spacial score (nSPS) is 12.3. The largest absolute Gasteiger partial charge is 0.367 e. The zero-order chi connectivity index (χ0) is 14.7. The first kappa shape index (κ1) is 13.8. The lowest BCUT2D eigenvalue weighted by atomic mass is 10.1. The van der Waals surface area contributed by atoms with E-state index in [9.17, 15) is 0 Å². The van der Waals surface area contributed by atoms with Crippen molar-refractivity contribution in [3.05, 3.63) is 46.7 Å². The highest BCUT2D eigenvalue weighted by molar-refractivity contribution is 7.07. The number of aromatic nitrogens is 2. The van der Waals surface area contributed by atoms with Crippen molar-refractivity contribution in [1.82, 2.24) is 9.97 Å². The second-order valence-corrected chi connectivity index (χ2v) is 5.82. The molecule has 2 aromatic heterocycles. The predicted molar refractivity (Wildman–Crippen MR) is 90.2 cm³/mol. The van der Waals surface area contributed by atoms with E-state index in [0.717, 1.165) is 23.1 Å². The molecule has 5 heteroatoms. The van der Waals surface area contributed by atoms with E-state index in [1.807, 2.05) is 25.2 Å². The summed E-state index contributed by atoms with van der Waals surface area (Å²) in [5, 5.41) is 11.9. The van der Waals surface area contributed by atoms with Gasteiger partial charge in [0.1, 0.15) is 5.82 Å². The van der Waals surface area contributed by atoms with Gasteiger partial charge in [0.25, 0.3) is 0 Å². The summed E-state index contributed by atoms with van der Waals surface area (Å²) in [4.78, 5) is 9.03. The zero-order valence-electron chi connectivity index (χ0n) is 12.1. The summed E-state index contributed by atoms with van der Waals surface area (Å²) in [6, 6.07) is 10.5. The van der Waals surface area contributed by atoms with Crippen LogP contribution in [0.1, 0.15) is 12.5 Å². The molecule has 1 atom stereocenters. The number of nitrogens with zero attached hydrogens (tertiary/aromatic N) is 2. The minimum Gasteiger partial charge on any atom is -0.367 e. The fourth-order valence-electron chi connectivity index (χ4n) is 2.35. The molecule has 0 saturated carbocycles. The van der Waals surface area contributed by atoms with E-state index in [2.05, 4.69) is 50.4 Å². The summed E-state index contributed by atoms with van der Waals surface area (Å²) in [5.41, 5.74) is 2.30. The molecule has 0 aliphatic heterocycles. The van der Waals surface area contributed by atoms with Crippen molar-refractivity contribution in [2.45, 2.75) is 19.4 Å². The van der Waals surface area contributed by atoms with Gasteiger partial charge in [-0.2, -0.15) is 16.3 Å². The van der Waals surface area contributed by atoms with Crippen molar-refractivity contribution in [3.63, 3.8) is 0 Å². The summed E-state index contributed by atoms with van der Waals surface area (Å²) in [5.74, 6) is 1.52. The van der Waals surface area contributed by atoms with E-state index in [-0.39, 0.29) is 0 Å². The maximum absolute atomic E-state index is 4.56. The third kappa shape index (κ3) is 3.13. The molecule has 0 amide bonds. The number of rotatable bonds is 5. The third-order valence-electron chi connectivity index (χ3n) is 3.33. The monoisotopic (exact) mass is 298 g/mol. The van der Waals surface area contributed by atoms with Gasteiger partial charge < -0.3 is 10.6 Å². The summed E-state index contributed by atoms with van der Waals surface area (Å²) < 4.78 is 0. The van der Waals surface area contributed by atoms with E-state index in [4.69, 9.17) is 0 Å². The van der Waals surface area contributed by atoms with Gasteiger partial charge >= 0.3 is 0 Å². The number of thiophene rings is 1. The molecule has 108 valence electrons. The maximum atomic E-state index is 4.56. The van der Waals surface area contributed by atoms with Gasteiger partial charge in [-0.3, -0.25) is 0 Å². The number of hydrogen-bond acceptors (Lipinski definition) is 5. The Morgan fingerprint density at radius 3 is 2.81 bits per heavy atom. The minimum atomic E-state index is 0.308. The highest BCUT2D eigenvalue weighted by Crippen LogP contribution is 2.23. The van der Waals surface area contributed by atoms with Gasteiger partial charge in [0.05, 0.1) is 5.52 Å². The SMILES string of the molecule is CNc1nc(NC(C)Cc2ccsc2)c2ccccc2n1. The molecule has 0 radical (unpaired) electrons. The first-order valence-electron chi connectivity index (χ1n) is 6.98. The molecular weight excluding hydrogens is 280 g/mol. The first-order chi connectivity index (χ1) is 10.3. The molecule has 1 unspecified atom stereocenters. The smallest absolute Gasteiger partial charge is 0.224 e. The van der Waals surface area contributed by atoms with E-state index >= 15 is 0 Å². The predicted octanol–water partition coefficient (Wildman–Crippen LogP) is 3.78. The summed E-state index contributed by atoms with van der Waals surface area (Å²) in [6.07, 6.45) is 0.983. The molecule has 21 heavy (non-hydrogen) atoms. The van der Waals surface area contributed by atoms with Crippen molar-refractivity contribution in [1.29, 1.82) is 0 Å². The number of nitrogens with one attached hydrogen (secondary N) is 2. The van der Waals surface area contributed by atoms with Crippen molar-refractivity contribution in [3.8, 4) is 0 Å². The van der Waals surface area contributed by atoms with Crippen molar-refractivity contribution >= 4 is 34.0 Å². The molecule has 1 aromatic carbocycles. The molecule has 3 aromatic rings. The van der Waals surface area contributed by atoms with Gasteiger partial charge in [-0.05, 0) is 47.9 Å². The molecule has 0 aliphatic rings. The topological polar surface area (TPSA) is 49.8 Å². The third-order valence-corrected chi connectivity index (χ3v) is 4.06. The zero-order valence-corrected chi connectivity index (χ0v) is 12.9. The Morgan fingerprint density at radius 2 is 2.05 bits per heavy atom. The molecule has 2 N–H and O–H groups in total. The number of para-hydroxylation sites is 1. The lowest BCUT2D eigenvalue weighted by Gasteiger charge is -2.16. The van der Waals surface area contributed by atoms with Gasteiger partial charge in [0.15, 0.2) is 0 Å². The Labute approximate surface area is 128 Å². The van der Waals surface area contributed by atoms with Crippen LogP contribution in [-0.4, -0.2) is 23.1 Å². The van der Waals surface area contributed by atoms with Crippen LogP contribution in [-0.2, 0) is 6.42 Å². The molecule has 0 fully saturated rings. The molecule has 0 spiro atoms. The number of hydrogen-bond donors (Lipinski definition) is 2. The number of benzene rings is 1. The summed E-state index contributed by atoms with van der Waals surface area (Å²) in [7, 11) is 1.84. The first-order valence-corrected chi connectivity index (χ1v) is 7.92. The van der Waals surface area contributed by atoms with Crippen LogP contribution in [0.5, 0.6) is 0 Å². The van der Waals surface area contributed by atoms with E-state index in [1.54, 1.807) is 11.3 Å². The van der Waals surface area contributed by atoms with Gasteiger partial charge in [-0.1, -0.05) is 12.1 Å². The minimum absolute atomic E-state index is 0.308. The average molecular weight is 298 g/mol. The van der Waals surface area contributed by atoms with Crippen LogP contribution in [0.2, 0.25) is 0 Å². The Kier molecular flexibility index (Phi) is 4.01. The van der Waals surface area contributed by atoms with Gasteiger partial charge in [0.2, 0.25) is 5.95 Å². The van der Waals surface area contributed by atoms with Crippen LogP contribution in [0.15, 0.2) is 41.1 Å². The standard InChI is InChI=1S/C16H18N4S/c1-11(9-12-7-8-21-10-12)18-15-13-5-3-4-6-14(13)19-16(17-2)20-15/h3-8,10-11H,9H2,1-2H3,(H2,17,18,19,20). The molecular formula is C16H18N4S. The second kappa shape index (κ2) is 6.10. The van der Waals surface area contributed by atoms with Crippen LogP contribution < -0.4 is 10.6 Å². The fraction of sp³-hybridized carbons (Fsp3) is 0.250. The molecule has 0 saturated heterocycles. The molecule has 4 nitrogen and oxygen atoms in total. The maximum Gasteiger partial charge on any atom is 0.224 e. The molecule has 2 heterocycles. The van der Waals surface area contributed by atoms with Gasteiger partial charge in [-0.25, -0.2) is 4.98 Å². The molecule has 0 aliphatic carbocycles. The molecule has 0 bridgehead atoms. The van der Waals surface area contributed by atoms with Crippen LogP contribution in [0.3, 0.4) is 0 Å².